The fourth-order valence-corrected chi connectivity index (χ4v) is 3.82. The van der Waals surface area contributed by atoms with Gasteiger partial charge in [-0.25, -0.2) is 4.98 Å². The molecule has 0 aliphatic heterocycles. The summed E-state index contributed by atoms with van der Waals surface area (Å²) >= 11 is 0. The van der Waals surface area contributed by atoms with Crippen LogP contribution in [0.5, 0.6) is 0 Å². The molecule has 0 saturated carbocycles. The number of imidazole rings is 1. The standard InChI is InChI=1S/C26H22N4O/c31-24(15-20-16-27-22-14-8-7-13-21(20)22)28-17-23-29-25(18-9-3-1-4-10-18)26(30-23)19-11-5-2-6-12-19/h1-14,16,27H,15,17H2,(H,28,31)(H,29,30). The summed E-state index contributed by atoms with van der Waals surface area (Å²) in [5.74, 6) is 0.689. The Balaban J connectivity index is 1.36. The van der Waals surface area contributed by atoms with Crippen LogP contribution in [0.1, 0.15) is 11.4 Å². The van der Waals surface area contributed by atoms with E-state index in [0.717, 1.165) is 44.8 Å². The number of aromatic nitrogens is 3. The molecular weight excluding hydrogens is 384 g/mol. The van der Waals surface area contributed by atoms with Crippen molar-refractivity contribution in [2.24, 2.45) is 0 Å². The van der Waals surface area contributed by atoms with E-state index in [-0.39, 0.29) is 5.91 Å². The molecule has 2 aromatic heterocycles. The Morgan fingerprint density at radius 2 is 1.52 bits per heavy atom. The number of fused-ring (bicyclic) bond motifs is 1. The number of carbonyl (C=O) groups is 1. The Kier molecular flexibility index (Phi) is 5.07. The van der Waals surface area contributed by atoms with Crippen molar-refractivity contribution < 1.29 is 4.79 Å². The summed E-state index contributed by atoms with van der Waals surface area (Å²) in [5, 5.41) is 4.08. The number of hydrogen-bond acceptors (Lipinski definition) is 2. The Morgan fingerprint density at radius 1 is 0.839 bits per heavy atom. The Labute approximate surface area is 180 Å². The second-order valence-electron chi connectivity index (χ2n) is 7.45. The second kappa shape index (κ2) is 8.32. The van der Waals surface area contributed by atoms with E-state index in [1.165, 1.54) is 0 Å². The van der Waals surface area contributed by atoms with Crippen molar-refractivity contribution in [3.8, 4) is 22.5 Å². The third kappa shape index (κ3) is 3.98. The molecule has 0 saturated heterocycles. The molecule has 0 radical (unpaired) electrons. The minimum Gasteiger partial charge on any atom is -0.361 e. The smallest absolute Gasteiger partial charge is 0.224 e. The molecule has 0 aliphatic carbocycles. The van der Waals surface area contributed by atoms with Gasteiger partial charge in [-0.2, -0.15) is 0 Å². The Bertz CT molecular complexity index is 1260. The SMILES string of the molecule is O=C(Cc1c[nH]c2ccccc12)NCc1nc(-c2ccccc2)c(-c2ccccc2)[nH]1. The predicted octanol–water partition coefficient (Wildman–Crippen LogP) is 5.08. The van der Waals surface area contributed by atoms with E-state index >= 15 is 0 Å². The van der Waals surface area contributed by atoms with E-state index in [9.17, 15) is 4.79 Å². The van der Waals surface area contributed by atoms with Gasteiger partial charge in [0.15, 0.2) is 0 Å². The summed E-state index contributed by atoms with van der Waals surface area (Å²) in [6, 6.07) is 28.2. The molecule has 152 valence electrons. The van der Waals surface area contributed by atoms with E-state index < -0.39 is 0 Å². The van der Waals surface area contributed by atoms with Crippen molar-refractivity contribution in [1.29, 1.82) is 0 Å². The number of H-pyrrole nitrogens is 2. The topological polar surface area (TPSA) is 73.6 Å². The molecule has 0 spiro atoms. The molecule has 3 aromatic carbocycles. The van der Waals surface area contributed by atoms with Gasteiger partial charge in [-0.15, -0.1) is 0 Å². The lowest BCUT2D eigenvalue weighted by Crippen LogP contribution is -2.25. The number of nitrogens with zero attached hydrogens (tertiary/aromatic N) is 1. The number of nitrogens with one attached hydrogen (secondary N) is 3. The monoisotopic (exact) mass is 406 g/mol. The molecule has 5 aromatic rings. The molecule has 2 heterocycles. The highest BCUT2D eigenvalue weighted by molar-refractivity contribution is 5.88. The minimum absolute atomic E-state index is 0.0383. The lowest BCUT2D eigenvalue weighted by molar-refractivity contribution is -0.120. The molecule has 5 rings (SSSR count). The fourth-order valence-electron chi connectivity index (χ4n) is 3.82. The highest BCUT2D eigenvalue weighted by atomic mass is 16.1. The number of carbonyl (C=O) groups excluding carboxylic acids is 1. The third-order valence-corrected chi connectivity index (χ3v) is 5.34. The molecule has 3 N–H and O–H groups in total. The summed E-state index contributed by atoms with van der Waals surface area (Å²) in [6.07, 6.45) is 2.22. The normalized spacial score (nSPS) is 11.0. The first-order valence-corrected chi connectivity index (χ1v) is 10.3. The first-order valence-electron chi connectivity index (χ1n) is 10.3. The summed E-state index contributed by atoms with van der Waals surface area (Å²) in [6.45, 7) is 0.341. The van der Waals surface area contributed by atoms with Gasteiger partial charge in [0.05, 0.1) is 24.4 Å². The van der Waals surface area contributed by atoms with Crippen molar-refractivity contribution in [2.45, 2.75) is 13.0 Å². The molecule has 5 heteroatoms. The maximum atomic E-state index is 12.6. The van der Waals surface area contributed by atoms with E-state index in [1.54, 1.807) is 0 Å². The summed E-state index contributed by atoms with van der Waals surface area (Å²) < 4.78 is 0. The number of aromatic amines is 2. The van der Waals surface area contributed by atoms with Crippen molar-refractivity contribution in [2.75, 3.05) is 0 Å². The van der Waals surface area contributed by atoms with Crippen LogP contribution in [0, 0.1) is 0 Å². The zero-order valence-electron chi connectivity index (χ0n) is 16.9. The van der Waals surface area contributed by atoms with Gasteiger partial charge < -0.3 is 15.3 Å². The van der Waals surface area contributed by atoms with Gasteiger partial charge >= 0.3 is 0 Å². The van der Waals surface area contributed by atoms with Crippen LogP contribution in [0.25, 0.3) is 33.4 Å². The first kappa shape index (κ1) is 18.9. The van der Waals surface area contributed by atoms with Gasteiger partial charge in [-0.3, -0.25) is 4.79 Å². The van der Waals surface area contributed by atoms with Gasteiger partial charge in [-0.1, -0.05) is 78.9 Å². The molecule has 0 aliphatic rings. The van der Waals surface area contributed by atoms with Gasteiger partial charge in [0.25, 0.3) is 0 Å². The number of hydrogen-bond donors (Lipinski definition) is 3. The average Bonchev–Trinajstić information content (AvgIpc) is 3.44. The third-order valence-electron chi connectivity index (χ3n) is 5.34. The van der Waals surface area contributed by atoms with Gasteiger partial charge in [0.1, 0.15) is 5.82 Å². The quantitative estimate of drug-likeness (QED) is 0.368. The Morgan fingerprint density at radius 3 is 2.29 bits per heavy atom. The summed E-state index contributed by atoms with van der Waals surface area (Å²) in [4.78, 5) is 24.0. The number of benzene rings is 3. The van der Waals surface area contributed by atoms with Crippen molar-refractivity contribution in [3.63, 3.8) is 0 Å². The van der Waals surface area contributed by atoms with Gasteiger partial charge in [-0.05, 0) is 11.6 Å². The van der Waals surface area contributed by atoms with Gasteiger partial charge in [0.2, 0.25) is 5.91 Å². The molecule has 0 bridgehead atoms. The van der Waals surface area contributed by atoms with Crippen LogP contribution in [0.4, 0.5) is 0 Å². The first-order chi connectivity index (χ1) is 15.3. The zero-order chi connectivity index (χ0) is 21.0. The van der Waals surface area contributed by atoms with Crippen LogP contribution in [0.3, 0.4) is 0 Å². The lowest BCUT2D eigenvalue weighted by atomic mass is 10.1. The fraction of sp³-hybridized carbons (Fsp3) is 0.0769. The van der Waals surface area contributed by atoms with Crippen LogP contribution < -0.4 is 5.32 Å². The maximum absolute atomic E-state index is 12.6. The zero-order valence-corrected chi connectivity index (χ0v) is 16.9. The average molecular weight is 406 g/mol. The number of amides is 1. The predicted molar refractivity (Wildman–Crippen MR) is 123 cm³/mol. The molecule has 1 amide bonds. The molecule has 0 atom stereocenters. The van der Waals surface area contributed by atoms with Crippen LogP contribution in [-0.2, 0) is 17.8 Å². The van der Waals surface area contributed by atoms with Crippen LogP contribution >= 0.6 is 0 Å². The van der Waals surface area contributed by atoms with Crippen LogP contribution in [-0.4, -0.2) is 20.9 Å². The molecule has 5 nitrogen and oxygen atoms in total. The number of para-hydroxylation sites is 1. The highest BCUT2D eigenvalue weighted by Crippen LogP contribution is 2.30. The molecule has 0 unspecified atom stereocenters. The maximum Gasteiger partial charge on any atom is 0.224 e. The van der Waals surface area contributed by atoms with Crippen molar-refractivity contribution in [1.82, 2.24) is 20.3 Å². The van der Waals surface area contributed by atoms with Gasteiger partial charge in [0, 0.05) is 28.2 Å². The summed E-state index contributed by atoms with van der Waals surface area (Å²) in [7, 11) is 0. The van der Waals surface area contributed by atoms with Crippen LogP contribution in [0.2, 0.25) is 0 Å². The van der Waals surface area contributed by atoms with E-state index in [2.05, 4.69) is 27.4 Å². The number of rotatable bonds is 6. The molecular formula is C26H22N4O. The van der Waals surface area contributed by atoms with Crippen molar-refractivity contribution in [3.05, 3.63) is 103 Å². The lowest BCUT2D eigenvalue weighted by Gasteiger charge is -2.03. The largest absolute Gasteiger partial charge is 0.361 e. The highest BCUT2D eigenvalue weighted by Gasteiger charge is 2.15. The summed E-state index contributed by atoms with van der Waals surface area (Å²) in [5.41, 5.74) is 5.96. The molecule has 31 heavy (non-hydrogen) atoms. The molecule has 0 fully saturated rings. The minimum atomic E-state index is -0.0383. The second-order valence-corrected chi connectivity index (χ2v) is 7.45. The van der Waals surface area contributed by atoms with E-state index in [1.807, 2.05) is 79.0 Å². The van der Waals surface area contributed by atoms with E-state index in [0.29, 0.717) is 13.0 Å². The van der Waals surface area contributed by atoms with Crippen molar-refractivity contribution >= 4 is 16.8 Å². The van der Waals surface area contributed by atoms with E-state index in [4.69, 9.17) is 4.98 Å². The van der Waals surface area contributed by atoms with Crippen LogP contribution in [0.15, 0.2) is 91.1 Å². The Hall–Kier alpha value is -4.12.